The van der Waals surface area contributed by atoms with Crippen molar-refractivity contribution in [2.24, 2.45) is 52.3 Å². The summed E-state index contributed by atoms with van der Waals surface area (Å²) in [6, 6.07) is 0. The second-order valence-electron chi connectivity index (χ2n) is 12.7. The molecule has 1 unspecified atom stereocenters. The number of carbonyl (C=O) groups excluding carboxylic acids is 1. The first-order chi connectivity index (χ1) is 15.0. The van der Waals surface area contributed by atoms with Crippen LogP contribution in [0.25, 0.3) is 0 Å². The van der Waals surface area contributed by atoms with E-state index in [1.165, 1.54) is 0 Å². The zero-order valence-electron chi connectivity index (χ0n) is 20.5. The van der Waals surface area contributed by atoms with Gasteiger partial charge in [0.15, 0.2) is 0 Å². The second kappa shape index (κ2) is 8.85. The molecule has 0 aliphatic heterocycles. The molecule has 4 aliphatic carbocycles. The number of carboxylic acids is 1. The van der Waals surface area contributed by atoms with Crippen molar-refractivity contribution < 1.29 is 25.2 Å². The largest absolute Gasteiger partial charge is 0.550 e. The zero-order chi connectivity index (χ0) is 23.4. The summed E-state index contributed by atoms with van der Waals surface area (Å²) < 4.78 is 0. The lowest BCUT2D eigenvalue weighted by Gasteiger charge is -2.63. The Morgan fingerprint density at radius 1 is 1.00 bits per heavy atom. The summed E-state index contributed by atoms with van der Waals surface area (Å²) in [4.78, 5) is 11.0. The molecular weight excluding hydrogens is 404 g/mol. The Kier molecular flexibility index (Phi) is 6.77. The monoisotopic (exact) mass is 449 g/mol. The SMILES string of the molecule is CC(CCC[C@@H](C)[C@H]1CC[C@H]2[C@@H]3[C@H](O)C[C@@H]4C[C@H](O)CC[C@]4(C)[C@H]3C[C@H](O)[C@]12C)C(=O)[O-]. The smallest absolute Gasteiger partial charge is 0.0602 e. The Balaban J connectivity index is 1.51. The molecule has 0 amide bonds. The van der Waals surface area contributed by atoms with Crippen molar-refractivity contribution in [1.29, 1.82) is 0 Å². The van der Waals surface area contributed by atoms with Gasteiger partial charge >= 0.3 is 0 Å². The molecule has 0 aromatic carbocycles. The van der Waals surface area contributed by atoms with Crippen LogP contribution in [0, 0.1) is 52.3 Å². The zero-order valence-corrected chi connectivity index (χ0v) is 20.5. The molecule has 0 saturated heterocycles. The Bertz CT molecular complexity index is 696. The second-order valence-corrected chi connectivity index (χ2v) is 12.7. The van der Waals surface area contributed by atoms with Gasteiger partial charge in [-0.1, -0.05) is 40.5 Å². The fourth-order valence-corrected chi connectivity index (χ4v) is 9.20. The normalized spacial score (nSPS) is 50.1. The van der Waals surface area contributed by atoms with E-state index in [2.05, 4.69) is 20.8 Å². The molecule has 0 spiro atoms. The van der Waals surface area contributed by atoms with Crippen LogP contribution < -0.4 is 5.11 Å². The van der Waals surface area contributed by atoms with Gasteiger partial charge in [0, 0.05) is 5.97 Å². The van der Waals surface area contributed by atoms with E-state index in [1.54, 1.807) is 6.92 Å². The third kappa shape index (κ3) is 3.84. The molecule has 12 atom stereocenters. The van der Waals surface area contributed by atoms with Crippen LogP contribution in [-0.2, 0) is 4.79 Å². The van der Waals surface area contributed by atoms with E-state index in [-0.39, 0.29) is 35.1 Å². The average Bonchev–Trinajstić information content (AvgIpc) is 3.08. The summed E-state index contributed by atoms with van der Waals surface area (Å²) >= 11 is 0. The molecule has 3 N–H and O–H groups in total. The maximum Gasteiger partial charge on any atom is 0.0602 e. The molecule has 0 bridgehead atoms. The number of hydrogen-bond acceptors (Lipinski definition) is 5. The van der Waals surface area contributed by atoms with E-state index in [1.807, 2.05) is 0 Å². The van der Waals surface area contributed by atoms with Gasteiger partial charge in [-0.3, -0.25) is 0 Å². The standard InChI is InChI=1S/C27H46O5/c1-15(6-5-7-16(2)25(31)32)19-8-9-20-24-21(14-23(30)27(19,20)4)26(3)11-10-18(28)12-17(26)13-22(24)29/h15-24,28-30H,5-14H2,1-4H3,(H,31,32)/p-1/t15-,16?,17+,18-,19-,20+,21+,22-,23+,24+,26+,27-/m1/s1. The van der Waals surface area contributed by atoms with Gasteiger partial charge in [0.05, 0.1) is 18.3 Å². The molecule has 0 radical (unpaired) electrons. The van der Waals surface area contributed by atoms with Gasteiger partial charge in [-0.2, -0.15) is 0 Å². The predicted molar refractivity (Wildman–Crippen MR) is 121 cm³/mol. The highest BCUT2D eigenvalue weighted by molar-refractivity contribution is 5.66. The topological polar surface area (TPSA) is 101 Å². The maximum atomic E-state index is 11.6. The van der Waals surface area contributed by atoms with Crippen molar-refractivity contribution >= 4 is 5.97 Å². The van der Waals surface area contributed by atoms with Crippen LogP contribution in [0.3, 0.4) is 0 Å². The van der Waals surface area contributed by atoms with Crippen LogP contribution in [0.5, 0.6) is 0 Å². The number of aliphatic hydroxyl groups is 3. The molecule has 4 rings (SSSR count). The summed E-state index contributed by atoms with van der Waals surface area (Å²) in [5.41, 5.74) is -0.0743. The van der Waals surface area contributed by atoms with Gasteiger partial charge in [0.25, 0.3) is 0 Å². The number of carbonyl (C=O) groups is 1. The van der Waals surface area contributed by atoms with E-state index < -0.39 is 11.9 Å². The molecule has 32 heavy (non-hydrogen) atoms. The van der Waals surface area contributed by atoms with E-state index in [0.29, 0.717) is 36.0 Å². The van der Waals surface area contributed by atoms with Crippen molar-refractivity contribution in [2.45, 2.75) is 110 Å². The highest BCUT2D eigenvalue weighted by Gasteiger charge is 2.65. The minimum atomic E-state index is -0.965. The highest BCUT2D eigenvalue weighted by Crippen LogP contribution is 2.68. The summed E-state index contributed by atoms with van der Waals surface area (Å²) in [5.74, 6) is 0.728. The number of rotatable bonds is 6. The quantitative estimate of drug-likeness (QED) is 0.578. The van der Waals surface area contributed by atoms with Gasteiger partial charge in [-0.15, -0.1) is 0 Å². The third-order valence-corrected chi connectivity index (χ3v) is 11.2. The van der Waals surface area contributed by atoms with Gasteiger partial charge in [0.1, 0.15) is 0 Å². The molecule has 4 aliphatic rings. The van der Waals surface area contributed by atoms with Gasteiger partial charge in [-0.25, -0.2) is 0 Å². The molecule has 0 heterocycles. The fourth-order valence-electron chi connectivity index (χ4n) is 9.20. The first-order valence-corrected chi connectivity index (χ1v) is 13.2. The highest BCUT2D eigenvalue weighted by atomic mass is 16.4. The minimum absolute atomic E-state index is 0.107. The number of aliphatic hydroxyl groups excluding tert-OH is 3. The van der Waals surface area contributed by atoms with Crippen molar-refractivity contribution in [3.63, 3.8) is 0 Å². The molecule has 4 fully saturated rings. The molecule has 4 saturated carbocycles. The van der Waals surface area contributed by atoms with Crippen LogP contribution in [0.15, 0.2) is 0 Å². The Labute approximate surface area is 194 Å². The predicted octanol–water partition coefficient (Wildman–Crippen LogP) is 3.14. The van der Waals surface area contributed by atoms with E-state index in [9.17, 15) is 25.2 Å². The van der Waals surface area contributed by atoms with Gasteiger partial charge in [0.2, 0.25) is 0 Å². The summed E-state index contributed by atoms with van der Waals surface area (Å²) in [6.07, 6.45) is 7.91. The van der Waals surface area contributed by atoms with Crippen LogP contribution in [0.1, 0.15) is 91.9 Å². The first kappa shape index (κ1) is 24.5. The Morgan fingerprint density at radius 3 is 2.41 bits per heavy atom. The summed E-state index contributed by atoms with van der Waals surface area (Å²) in [7, 11) is 0. The number of carboxylic acid groups (broad SMARTS) is 1. The third-order valence-electron chi connectivity index (χ3n) is 11.2. The number of aliphatic carboxylic acids is 1. The molecule has 5 nitrogen and oxygen atoms in total. The van der Waals surface area contributed by atoms with Crippen LogP contribution in [-0.4, -0.2) is 39.6 Å². The lowest BCUT2D eigenvalue weighted by molar-refractivity contribution is -0.311. The number of hydrogen-bond donors (Lipinski definition) is 3. The van der Waals surface area contributed by atoms with Crippen molar-refractivity contribution in [2.75, 3.05) is 0 Å². The average molecular weight is 450 g/mol. The molecule has 0 aromatic heterocycles. The van der Waals surface area contributed by atoms with E-state index in [4.69, 9.17) is 0 Å². The lowest BCUT2D eigenvalue weighted by Crippen LogP contribution is -2.62. The Hall–Kier alpha value is -0.650. The number of fused-ring (bicyclic) bond motifs is 5. The lowest BCUT2D eigenvalue weighted by atomic mass is 9.43. The van der Waals surface area contributed by atoms with Crippen LogP contribution >= 0.6 is 0 Å². The van der Waals surface area contributed by atoms with Crippen LogP contribution in [0.2, 0.25) is 0 Å². The molecule has 0 aromatic rings. The first-order valence-electron chi connectivity index (χ1n) is 13.2. The van der Waals surface area contributed by atoms with Crippen molar-refractivity contribution in [3.05, 3.63) is 0 Å². The summed E-state index contributed by atoms with van der Waals surface area (Å²) in [5, 5.41) is 44.2. The molecule has 184 valence electrons. The van der Waals surface area contributed by atoms with Crippen molar-refractivity contribution in [3.8, 4) is 0 Å². The fraction of sp³-hybridized carbons (Fsp3) is 0.963. The van der Waals surface area contributed by atoms with Gasteiger partial charge in [-0.05, 0) is 104 Å². The minimum Gasteiger partial charge on any atom is -0.550 e. The molecule has 5 heteroatoms. The maximum absolute atomic E-state index is 11.6. The molecular formula is C27H45O5-. The van der Waals surface area contributed by atoms with Crippen molar-refractivity contribution in [1.82, 2.24) is 0 Å². The van der Waals surface area contributed by atoms with Gasteiger partial charge < -0.3 is 25.2 Å². The van der Waals surface area contributed by atoms with E-state index >= 15 is 0 Å². The summed E-state index contributed by atoms with van der Waals surface area (Å²) in [6.45, 7) is 8.65. The Morgan fingerprint density at radius 2 is 1.72 bits per heavy atom. The van der Waals surface area contributed by atoms with E-state index in [0.717, 1.165) is 57.8 Å². The van der Waals surface area contributed by atoms with Crippen LogP contribution in [0.4, 0.5) is 0 Å².